The monoisotopic (exact) mass is 364 g/mol. The number of alkyl halides is 1. The largest absolute Gasteiger partial charge is 0.459 e. The first-order valence-electron chi connectivity index (χ1n) is 8.75. The molecule has 6 heteroatoms. The fraction of sp³-hybridized carbons (Fsp3) is 0.579. The summed E-state index contributed by atoms with van der Waals surface area (Å²) in [6, 6.07) is 5.95. The lowest BCUT2D eigenvalue weighted by Gasteiger charge is -2.35. The van der Waals surface area contributed by atoms with Gasteiger partial charge in [-0.2, -0.15) is 0 Å². The number of rotatable bonds is 4. The van der Waals surface area contributed by atoms with Crippen molar-refractivity contribution in [2.24, 2.45) is 0 Å². The summed E-state index contributed by atoms with van der Waals surface area (Å²) in [5, 5.41) is 6.17. The number of benzene rings is 1. The van der Waals surface area contributed by atoms with Gasteiger partial charge in [0.05, 0.1) is 6.54 Å². The highest BCUT2D eigenvalue weighted by atomic mass is 32.1. The normalized spacial score (nSPS) is 25.1. The van der Waals surface area contributed by atoms with E-state index in [1.54, 1.807) is 0 Å². The Morgan fingerprint density at radius 1 is 1.48 bits per heavy atom. The van der Waals surface area contributed by atoms with Crippen molar-refractivity contribution in [2.75, 3.05) is 11.9 Å². The number of fused-ring (bicyclic) bond motifs is 3. The van der Waals surface area contributed by atoms with Crippen LogP contribution < -0.4 is 10.6 Å². The standard InChI is InChI=1S/C19H25FN2O2S/c1-18(2,3)24-16(23)11-21-10-12-6-7-13-14-5-4-8-19(14,20)17(25)22-15(13)9-12/h6-7,9,14,21H,4-5,8,10-11H2,1-3H3,(H,22,25). The van der Waals surface area contributed by atoms with Crippen molar-refractivity contribution in [1.29, 1.82) is 0 Å². The van der Waals surface area contributed by atoms with Crippen LogP contribution in [0.4, 0.5) is 10.1 Å². The second-order valence-electron chi connectivity index (χ2n) is 7.87. The zero-order valence-corrected chi connectivity index (χ0v) is 15.8. The molecular weight excluding hydrogens is 339 g/mol. The predicted octanol–water partition coefficient (Wildman–Crippen LogP) is 3.85. The summed E-state index contributed by atoms with van der Waals surface area (Å²) in [5.74, 6) is -0.419. The molecule has 0 amide bonds. The molecule has 3 rings (SSSR count). The van der Waals surface area contributed by atoms with E-state index in [2.05, 4.69) is 10.6 Å². The first-order valence-corrected chi connectivity index (χ1v) is 9.16. The smallest absolute Gasteiger partial charge is 0.320 e. The Bertz CT molecular complexity index is 701. The van der Waals surface area contributed by atoms with Gasteiger partial charge in [0.2, 0.25) is 0 Å². The first kappa shape index (κ1) is 18.3. The third kappa shape index (κ3) is 3.85. The van der Waals surface area contributed by atoms with Gasteiger partial charge < -0.3 is 15.4 Å². The molecule has 1 heterocycles. The van der Waals surface area contributed by atoms with Gasteiger partial charge in [0.25, 0.3) is 0 Å². The molecule has 0 bridgehead atoms. The molecule has 2 atom stereocenters. The van der Waals surface area contributed by atoms with Gasteiger partial charge in [-0.15, -0.1) is 0 Å². The minimum Gasteiger partial charge on any atom is -0.459 e. The van der Waals surface area contributed by atoms with E-state index < -0.39 is 11.3 Å². The maximum atomic E-state index is 15.1. The third-order valence-electron chi connectivity index (χ3n) is 4.72. The quantitative estimate of drug-likeness (QED) is 0.628. The van der Waals surface area contributed by atoms with Crippen molar-refractivity contribution in [1.82, 2.24) is 5.32 Å². The van der Waals surface area contributed by atoms with Crippen LogP contribution in [0, 0.1) is 0 Å². The molecule has 2 aliphatic rings. The number of esters is 1. The lowest BCUT2D eigenvalue weighted by molar-refractivity contribution is -0.153. The van der Waals surface area contributed by atoms with E-state index in [1.807, 2.05) is 39.0 Å². The Labute approximate surface area is 153 Å². The average molecular weight is 364 g/mol. The van der Waals surface area contributed by atoms with Crippen LogP contribution in [0.3, 0.4) is 0 Å². The third-order valence-corrected chi connectivity index (χ3v) is 5.16. The van der Waals surface area contributed by atoms with E-state index in [0.717, 1.165) is 29.7 Å². The zero-order valence-electron chi connectivity index (χ0n) is 14.9. The van der Waals surface area contributed by atoms with E-state index >= 15 is 4.39 Å². The van der Waals surface area contributed by atoms with E-state index in [-0.39, 0.29) is 18.4 Å². The van der Waals surface area contributed by atoms with Gasteiger partial charge in [0.1, 0.15) is 10.6 Å². The molecule has 1 saturated carbocycles. The summed E-state index contributed by atoms with van der Waals surface area (Å²) in [6.45, 7) is 6.22. The number of hydrogen-bond donors (Lipinski definition) is 2. The van der Waals surface area contributed by atoms with Crippen molar-refractivity contribution in [2.45, 2.75) is 63.8 Å². The number of carbonyl (C=O) groups excluding carboxylic acids is 1. The summed E-state index contributed by atoms with van der Waals surface area (Å²) in [4.78, 5) is 12.0. The highest BCUT2D eigenvalue weighted by Crippen LogP contribution is 2.51. The van der Waals surface area contributed by atoms with Gasteiger partial charge >= 0.3 is 5.97 Å². The summed E-state index contributed by atoms with van der Waals surface area (Å²) in [5.41, 5.74) is 1.04. The van der Waals surface area contributed by atoms with E-state index in [1.165, 1.54) is 0 Å². The molecule has 1 fully saturated rings. The van der Waals surface area contributed by atoms with Crippen molar-refractivity contribution in [3.63, 3.8) is 0 Å². The van der Waals surface area contributed by atoms with E-state index in [0.29, 0.717) is 18.0 Å². The number of thiocarbonyl (C=S) groups is 1. The van der Waals surface area contributed by atoms with Crippen molar-refractivity contribution >= 4 is 28.9 Å². The summed E-state index contributed by atoms with van der Waals surface area (Å²) in [7, 11) is 0. The molecule has 1 aliphatic carbocycles. The number of nitrogens with one attached hydrogen (secondary N) is 2. The summed E-state index contributed by atoms with van der Waals surface area (Å²) < 4.78 is 20.4. The molecule has 0 aromatic heterocycles. The Morgan fingerprint density at radius 3 is 2.96 bits per heavy atom. The number of carbonyl (C=O) groups is 1. The molecule has 2 unspecified atom stereocenters. The highest BCUT2D eigenvalue weighted by molar-refractivity contribution is 7.80. The van der Waals surface area contributed by atoms with Crippen LogP contribution in [0.5, 0.6) is 0 Å². The van der Waals surface area contributed by atoms with Crippen LogP contribution in [0.15, 0.2) is 18.2 Å². The van der Waals surface area contributed by atoms with Gasteiger partial charge in [0, 0.05) is 18.2 Å². The maximum absolute atomic E-state index is 15.1. The Balaban J connectivity index is 1.64. The van der Waals surface area contributed by atoms with Gasteiger partial charge in [-0.1, -0.05) is 24.4 Å². The number of halogens is 1. The summed E-state index contributed by atoms with van der Waals surface area (Å²) >= 11 is 5.29. The van der Waals surface area contributed by atoms with E-state index in [4.69, 9.17) is 17.0 Å². The molecule has 1 aromatic carbocycles. The molecule has 0 radical (unpaired) electrons. The minimum absolute atomic E-state index is 0.139. The van der Waals surface area contributed by atoms with Gasteiger partial charge in [-0.3, -0.25) is 4.79 Å². The second kappa shape index (κ2) is 6.65. The molecule has 0 spiro atoms. The molecular formula is C19H25FN2O2S. The van der Waals surface area contributed by atoms with Crippen molar-refractivity contribution < 1.29 is 13.9 Å². The number of ether oxygens (including phenoxy) is 1. The molecule has 2 N–H and O–H groups in total. The molecule has 136 valence electrons. The van der Waals surface area contributed by atoms with Gasteiger partial charge in [-0.25, -0.2) is 4.39 Å². The summed E-state index contributed by atoms with van der Waals surface area (Å²) in [6.07, 6.45) is 2.20. The van der Waals surface area contributed by atoms with Crippen LogP contribution in [-0.2, 0) is 16.1 Å². The molecule has 0 saturated heterocycles. The Morgan fingerprint density at radius 2 is 2.24 bits per heavy atom. The zero-order chi connectivity index (χ0) is 18.2. The first-order chi connectivity index (χ1) is 11.7. The molecule has 1 aromatic rings. The second-order valence-corrected chi connectivity index (χ2v) is 8.28. The van der Waals surface area contributed by atoms with Crippen LogP contribution >= 0.6 is 12.2 Å². The SMILES string of the molecule is CC(C)(C)OC(=O)CNCc1ccc2c(c1)NC(=S)C1(F)CCCC21. The number of anilines is 1. The minimum atomic E-state index is -1.39. The van der Waals surface area contributed by atoms with E-state index in [9.17, 15) is 4.79 Å². The fourth-order valence-corrected chi connectivity index (χ4v) is 4.03. The maximum Gasteiger partial charge on any atom is 0.320 e. The van der Waals surface area contributed by atoms with Crippen LogP contribution in [-0.4, -0.2) is 28.8 Å². The van der Waals surface area contributed by atoms with Gasteiger partial charge in [0.15, 0.2) is 5.67 Å². The topological polar surface area (TPSA) is 50.4 Å². The van der Waals surface area contributed by atoms with Crippen molar-refractivity contribution in [3.05, 3.63) is 29.3 Å². The number of hydrogen-bond acceptors (Lipinski definition) is 4. The van der Waals surface area contributed by atoms with Gasteiger partial charge in [-0.05, 0) is 57.2 Å². The molecule has 4 nitrogen and oxygen atoms in total. The fourth-order valence-electron chi connectivity index (χ4n) is 3.68. The highest BCUT2D eigenvalue weighted by Gasteiger charge is 2.51. The predicted molar refractivity (Wildman–Crippen MR) is 101 cm³/mol. The molecule has 25 heavy (non-hydrogen) atoms. The lowest BCUT2D eigenvalue weighted by atomic mass is 9.82. The molecule has 1 aliphatic heterocycles. The van der Waals surface area contributed by atoms with Crippen LogP contribution in [0.25, 0.3) is 0 Å². The lowest BCUT2D eigenvalue weighted by Crippen LogP contribution is -2.43. The Hall–Kier alpha value is -1.53. The van der Waals surface area contributed by atoms with Crippen molar-refractivity contribution in [3.8, 4) is 0 Å². The average Bonchev–Trinajstić information content (AvgIpc) is 2.89. The van der Waals surface area contributed by atoms with Crippen LogP contribution in [0.2, 0.25) is 0 Å². The van der Waals surface area contributed by atoms with Crippen LogP contribution in [0.1, 0.15) is 57.1 Å². The Kier molecular flexibility index (Phi) is 4.86.